The zero-order valence-electron chi connectivity index (χ0n) is 24.3. The summed E-state index contributed by atoms with van der Waals surface area (Å²) in [6.07, 6.45) is -4.38. The molecule has 0 aliphatic carbocycles. The van der Waals surface area contributed by atoms with Crippen molar-refractivity contribution in [1.29, 1.82) is 0 Å². The van der Waals surface area contributed by atoms with Crippen molar-refractivity contribution in [3.05, 3.63) is 111 Å². The van der Waals surface area contributed by atoms with E-state index in [4.69, 9.17) is 23.2 Å². The smallest absolute Gasteiger partial charge is 0.388 e. The van der Waals surface area contributed by atoms with Crippen LogP contribution in [0, 0.1) is 6.92 Å². The molecule has 0 radical (unpaired) electrons. The topological polar surface area (TPSA) is 122 Å². The monoisotopic (exact) mass is 617 g/mol. The summed E-state index contributed by atoms with van der Waals surface area (Å²) in [4.78, 5) is 36.7. The molecular weight excluding hydrogens is 583 g/mol. The van der Waals surface area contributed by atoms with E-state index in [0.717, 1.165) is 16.5 Å². The number of rotatable bonds is 8. The first-order chi connectivity index (χ1) is 20.3. The molecule has 1 heterocycles. The maximum Gasteiger partial charge on any atom is 0.416 e. The minimum absolute atomic E-state index is 0.0269. The molecule has 3 aromatic rings. The number of carbonyl (C=O) groups is 3. The van der Waals surface area contributed by atoms with Gasteiger partial charge in [-0.2, -0.15) is 13.2 Å². The predicted molar refractivity (Wildman–Crippen MR) is 161 cm³/mol. The number of hydrazine groups is 1. The number of hydrogen-bond donors (Lipinski definition) is 3. The Morgan fingerprint density at radius 1 is 0.977 bits per heavy atom. The highest BCUT2D eigenvalue weighted by Gasteiger charge is 2.37. The van der Waals surface area contributed by atoms with Crippen LogP contribution in [0.4, 0.5) is 13.2 Å². The highest BCUT2D eigenvalue weighted by atomic mass is 35.5. The molecule has 43 heavy (non-hydrogen) atoms. The molecular formula is C31H35ClF3N5O3. The van der Waals surface area contributed by atoms with Gasteiger partial charge in [0, 0.05) is 19.2 Å². The molecule has 0 bridgehead atoms. The Kier molecular flexibility index (Phi) is 12.8. The lowest BCUT2D eigenvalue weighted by molar-refractivity contribution is -0.138. The molecule has 5 N–H and O–H groups in total. The summed E-state index contributed by atoms with van der Waals surface area (Å²) < 4.78 is 39.6. The fourth-order valence-corrected chi connectivity index (χ4v) is 4.60. The van der Waals surface area contributed by atoms with Gasteiger partial charge < -0.3 is 16.1 Å². The number of benzene rings is 3. The first-order valence-corrected chi connectivity index (χ1v) is 13.7. The average Bonchev–Trinajstić information content (AvgIpc) is 3.20. The fourth-order valence-electron chi connectivity index (χ4n) is 4.36. The van der Waals surface area contributed by atoms with Gasteiger partial charge >= 0.3 is 6.18 Å². The summed E-state index contributed by atoms with van der Waals surface area (Å²) >= 11 is 5.75. The van der Waals surface area contributed by atoms with Crippen LogP contribution in [0.2, 0.25) is 0 Å². The summed E-state index contributed by atoms with van der Waals surface area (Å²) in [6.45, 7) is 5.79. The Labute approximate surface area is 254 Å². The molecule has 1 aliphatic rings. The molecule has 4 rings (SSSR count). The number of carbonyl (C=O) groups excluding carboxylic acids is 3. The lowest BCUT2D eigenvalue weighted by atomic mass is 9.99. The third-order valence-corrected chi connectivity index (χ3v) is 6.46. The van der Waals surface area contributed by atoms with Crippen molar-refractivity contribution in [2.24, 2.45) is 11.6 Å². The Balaban J connectivity index is 0.000000340. The van der Waals surface area contributed by atoms with Crippen LogP contribution in [0.1, 0.15) is 56.8 Å². The Bertz CT molecular complexity index is 1400. The number of hydrogen-bond acceptors (Lipinski definition) is 6. The van der Waals surface area contributed by atoms with Crippen molar-refractivity contribution in [1.82, 2.24) is 15.2 Å². The van der Waals surface area contributed by atoms with E-state index in [0.29, 0.717) is 12.1 Å². The quantitative estimate of drug-likeness (QED) is 0.104. The minimum atomic E-state index is -4.54. The minimum Gasteiger partial charge on any atom is -0.388 e. The SMILES string of the molecule is CC.Cc1ccc(/C(=C(/N)Cl)N(C)N)cc1.O=CNC(Cc1ccccc1C(F)(F)F)CN1C(=O)c2ccccc2C1=O. The van der Waals surface area contributed by atoms with E-state index in [9.17, 15) is 27.6 Å². The zero-order chi connectivity index (χ0) is 32.3. The number of amides is 3. The van der Waals surface area contributed by atoms with E-state index in [-0.39, 0.29) is 34.8 Å². The van der Waals surface area contributed by atoms with Crippen molar-refractivity contribution in [2.75, 3.05) is 13.6 Å². The third kappa shape index (κ3) is 9.07. The second kappa shape index (κ2) is 15.8. The largest absolute Gasteiger partial charge is 0.416 e. The first-order valence-electron chi connectivity index (χ1n) is 13.4. The van der Waals surface area contributed by atoms with E-state index in [1.54, 1.807) is 19.2 Å². The normalized spacial score (nSPS) is 13.5. The number of nitrogens with zero attached hydrogens (tertiary/aromatic N) is 2. The maximum atomic E-state index is 13.2. The van der Waals surface area contributed by atoms with Crippen LogP contribution in [0.25, 0.3) is 5.70 Å². The molecule has 1 aliphatic heterocycles. The number of fused-ring (bicyclic) bond motifs is 1. The summed E-state index contributed by atoms with van der Waals surface area (Å²) in [6, 6.07) is 18.2. The van der Waals surface area contributed by atoms with E-state index >= 15 is 0 Å². The van der Waals surface area contributed by atoms with Crippen molar-refractivity contribution >= 4 is 35.5 Å². The number of nitrogens with two attached hydrogens (primary N) is 2. The van der Waals surface area contributed by atoms with Crippen LogP contribution in [-0.2, 0) is 17.4 Å². The zero-order valence-corrected chi connectivity index (χ0v) is 25.0. The molecule has 0 aromatic heterocycles. The molecule has 0 spiro atoms. The number of alkyl halides is 3. The van der Waals surface area contributed by atoms with Crippen LogP contribution in [-0.4, -0.2) is 47.8 Å². The molecule has 230 valence electrons. The Morgan fingerprint density at radius 2 is 1.49 bits per heavy atom. The summed E-state index contributed by atoms with van der Waals surface area (Å²) in [7, 11) is 1.70. The van der Waals surface area contributed by atoms with Crippen LogP contribution in [0.5, 0.6) is 0 Å². The molecule has 1 atom stereocenters. The molecule has 0 fully saturated rings. The van der Waals surface area contributed by atoms with Crippen LogP contribution >= 0.6 is 11.6 Å². The number of imide groups is 1. The Morgan fingerprint density at radius 3 is 1.95 bits per heavy atom. The average molecular weight is 618 g/mol. The van der Waals surface area contributed by atoms with Crippen LogP contribution in [0.15, 0.2) is 78.0 Å². The van der Waals surface area contributed by atoms with Crippen molar-refractivity contribution < 1.29 is 27.6 Å². The van der Waals surface area contributed by atoms with Gasteiger partial charge in [-0.3, -0.25) is 19.3 Å². The molecule has 3 aromatic carbocycles. The molecule has 12 heteroatoms. The predicted octanol–water partition coefficient (Wildman–Crippen LogP) is 5.31. The van der Waals surface area contributed by atoms with Gasteiger partial charge in [-0.05, 0) is 37.1 Å². The Hall–Kier alpha value is -4.35. The van der Waals surface area contributed by atoms with E-state index < -0.39 is 29.6 Å². The summed E-state index contributed by atoms with van der Waals surface area (Å²) in [5.74, 6) is 4.56. The second-order valence-corrected chi connectivity index (χ2v) is 9.69. The van der Waals surface area contributed by atoms with Gasteiger partial charge in [-0.15, -0.1) is 0 Å². The standard InChI is InChI=1S/C19H15F3N2O3.C10H14ClN3.C2H6/c20-19(21,22)16-8-4-1-5-12(16)9-13(23-11-25)10-24-17(26)14-6-2-3-7-15(14)18(24)27;1-7-3-5-8(6-4-7)9(10(11)12)14(2)13;1-2/h1-8,11,13H,9-10H2,(H,23,25);3-6H,12-13H2,1-2H3;1-2H3/b;10-9-;. The number of aryl methyl sites for hydroxylation is 1. The first kappa shape index (κ1) is 34.8. The van der Waals surface area contributed by atoms with Gasteiger partial charge in [0.05, 0.1) is 28.4 Å². The van der Waals surface area contributed by atoms with Gasteiger partial charge in [-0.1, -0.05) is 85.6 Å². The summed E-state index contributed by atoms with van der Waals surface area (Å²) in [5.41, 5.74) is 7.89. The molecule has 0 saturated carbocycles. The van der Waals surface area contributed by atoms with Gasteiger partial charge in [0.1, 0.15) is 5.16 Å². The molecule has 8 nitrogen and oxygen atoms in total. The maximum absolute atomic E-state index is 13.2. The number of nitrogens with one attached hydrogen (secondary N) is 1. The van der Waals surface area contributed by atoms with Crippen molar-refractivity contribution in [3.63, 3.8) is 0 Å². The van der Waals surface area contributed by atoms with Crippen molar-refractivity contribution in [3.8, 4) is 0 Å². The van der Waals surface area contributed by atoms with E-state index in [2.05, 4.69) is 5.32 Å². The second-order valence-electron chi connectivity index (χ2n) is 9.28. The highest BCUT2D eigenvalue weighted by Crippen LogP contribution is 2.32. The van der Waals surface area contributed by atoms with Crippen molar-refractivity contribution in [2.45, 2.75) is 39.4 Å². The lowest BCUT2D eigenvalue weighted by Crippen LogP contribution is -2.44. The van der Waals surface area contributed by atoms with E-state index in [1.165, 1.54) is 40.9 Å². The fraction of sp³-hybridized carbons (Fsp3) is 0.258. The van der Waals surface area contributed by atoms with E-state index in [1.807, 2.05) is 45.0 Å². The van der Waals surface area contributed by atoms with Gasteiger partial charge in [-0.25, -0.2) is 5.84 Å². The molecule has 0 saturated heterocycles. The van der Waals surface area contributed by atoms with Gasteiger partial charge in [0.2, 0.25) is 6.41 Å². The lowest BCUT2D eigenvalue weighted by Gasteiger charge is -2.23. The van der Waals surface area contributed by atoms with Gasteiger partial charge in [0.15, 0.2) is 0 Å². The molecule has 3 amide bonds. The van der Waals surface area contributed by atoms with Crippen LogP contribution < -0.4 is 16.9 Å². The van der Waals surface area contributed by atoms with Gasteiger partial charge in [0.25, 0.3) is 11.8 Å². The van der Waals surface area contributed by atoms with Crippen LogP contribution in [0.3, 0.4) is 0 Å². The molecule has 1 unspecified atom stereocenters. The highest BCUT2D eigenvalue weighted by molar-refractivity contribution is 6.31. The summed E-state index contributed by atoms with van der Waals surface area (Å²) in [5, 5.41) is 4.01. The third-order valence-electron chi connectivity index (χ3n) is 6.28. The number of halogens is 4.